The summed E-state index contributed by atoms with van der Waals surface area (Å²) in [4.78, 5) is 14.6. The molecule has 0 aromatic heterocycles. The first kappa shape index (κ1) is 19.6. The molecule has 0 amide bonds. The Balaban J connectivity index is 1.73. The van der Waals surface area contributed by atoms with Crippen LogP contribution in [0.3, 0.4) is 0 Å². The molecule has 1 fully saturated rings. The van der Waals surface area contributed by atoms with Crippen molar-refractivity contribution in [1.29, 1.82) is 0 Å². The molecule has 144 valence electrons. The number of rotatable bonds is 9. The van der Waals surface area contributed by atoms with Crippen LogP contribution in [0.4, 0.5) is 0 Å². The van der Waals surface area contributed by atoms with Gasteiger partial charge in [0.1, 0.15) is 18.8 Å². The number of unbranched alkanes of at least 4 members (excludes halogenated alkanes) is 2. The second-order valence-corrected chi connectivity index (χ2v) is 7.06. The van der Waals surface area contributed by atoms with Crippen LogP contribution in [0.2, 0.25) is 0 Å². The fraction of sp³-hybridized carbons (Fsp3) is 0.435. The third kappa shape index (κ3) is 5.41. The van der Waals surface area contributed by atoms with Crippen LogP contribution in [-0.2, 0) is 4.74 Å². The number of ether oxygens (including phenoxy) is 2. The van der Waals surface area contributed by atoms with E-state index in [0.717, 1.165) is 43.0 Å². The van der Waals surface area contributed by atoms with Gasteiger partial charge in [0.05, 0.1) is 19.8 Å². The summed E-state index contributed by atoms with van der Waals surface area (Å²) < 4.78 is 11.3. The zero-order chi connectivity index (χ0) is 18.9. The summed E-state index contributed by atoms with van der Waals surface area (Å²) in [6.07, 6.45) is 3.42. The minimum Gasteiger partial charge on any atom is -0.494 e. The maximum atomic E-state index is 13.4. The number of carbonyl (C=O) groups is 1. The molecule has 1 atom stereocenters. The molecule has 0 spiro atoms. The Morgan fingerprint density at radius 1 is 1.04 bits per heavy atom. The van der Waals surface area contributed by atoms with E-state index in [9.17, 15) is 4.79 Å². The highest BCUT2D eigenvalue weighted by molar-refractivity contribution is 5.99. The Labute approximate surface area is 162 Å². The van der Waals surface area contributed by atoms with Gasteiger partial charge in [-0.3, -0.25) is 4.79 Å². The summed E-state index contributed by atoms with van der Waals surface area (Å²) >= 11 is 0. The second-order valence-electron chi connectivity index (χ2n) is 7.06. The first-order valence-corrected chi connectivity index (χ1v) is 10.0. The molecule has 0 radical (unpaired) electrons. The summed E-state index contributed by atoms with van der Waals surface area (Å²) in [5.41, 5.74) is 1.81. The van der Waals surface area contributed by atoms with Crippen LogP contribution in [0.1, 0.15) is 48.1 Å². The van der Waals surface area contributed by atoms with E-state index < -0.39 is 0 Å². The van der Waals surface area contributed by atoms with Crippen molar-refractivity contribution in [2.75, 3.05) is 32.9 Å². The molecule has 0 bridgehead atoms. The van der Waals surface area contributed by atoms with E-state index in [1.165, 1.54) is 17.7 Å². The van der Waals surface area contributed by atoms with Gasteiger partial charge < -0.3 is 14.4 Å². The summed E-state index contributed by atoms with van der Waals surface area (Å²) in [6.45, 7) is 6.02. The summed E-state index contributed by atoms with van der Waals surface area (Å²) in [5.74, 6) is 0.994. The van der Waals surface area contributed by atoms with Gasteiger partial charge in [0.2, 0.25) is 5.78 Å². The Hall–Kier alpha value is -2.17. The van der Waals surface area contributed by atoms with Gasteiger partial charge in [-0.25, -0.2) is 0 Å². The quantitative estimate of drug-likeness (QED) is 0.546. The Morgan fingerprint density at radius 2 is 1.74 bits per heavy atom. The largest absolute Gasteiger partial charge is 0.494 e. The molecule has 4 heteroatoms. The summed E-state index contributed by atoms with van der Waals surface area (Å²) in [7, 11) is 0. The zero-order valence-corrected chi connectivity index (χ0v) is 16.2. The molecule has 2 aromatic carbocycles. The highest BCUT2D eigenvalue weighted by Crippen LogP contribution is 2.19. The third-order valence-electron chi connectivity index (χ3n) is 5.09. The maximum absolute atomic E-state index is 13.4. The number of quaternary nitrogens is 1. The predicted molar refractivity (Wildman–Crippen MR) is 106 cm³/mol. The summed E-state index contributed by atoms with van der Waals surface area (Å²) in [6, 6.07) is 17.5. The first-order chi connectivity index (χ1) is 13.3. The Kier molecular flexibility index (Phi) is 7.43. The molecule has 0 aliphatic carbocycles. The van der Waals surface area contributed by atoms with Crippen molar-refractivity contribution >= 4 is 5.78 Å². The van der Waals surface area contributed by atoms with Crippen LogP contribution in [0.5, 0.6) is 5.75 Å². The van der Waals surface area contributed by atoms with Crippen LogP contribution < -0.4 is 9.64 Å². The van der Waals surface area contributed by atoms with Gasteiger partial charge in [-0.15, -0.1) is 0 Å². The lowest BCUT2D eigenvalue weighted by Gasteiger charge is -2.31. The molecule has 1 aliphatic rings. The Morgan fingerprint density at radius 3 is 2.41 bits per heavy atom. The average molecular weight is 368 g/mol. The molecule has 4 nitrogen and oxygen atoms in total. The van der Waals surface area contributed by atoms with Crippen molar-refractivity contribution in [2.45, 2.75) is 32.2 Å². The third-order valence-corrected chi connectivity index (χ3v) is 5.09. The average Bonchev–Trinajstić information content (AvgIpc) is 2.73. The molecular weight excluding hydrogens is 338 g/mol. The number of ketones is 1. The number of hydrogen-bond donors (Lipinski definition) is 1. The van der Waals surface area contributed by atoms with E-state index in [2.05, 4.69) is 19.1 Å². The van der Waals surface area contributed by atoms with Gasteiger partial charge in [-0.1, -0.05) is 50.1 Å². The highest BCUT2D eigenvalue weighted by atomic mass is 16.5. The number of Topliss-reactive ketones (excluding diaryl/α,β-unsaturated/α-hetero) is 1. The van der Waals surface area contributed by atoms with Crippen LogP contribution in [0.25, 0.3) is 0 Å². The standard InChI is InChI=1S/C23H29NO3/c1-2-3-7-16-27-21-12-10-20(11-13-21)23(25)22(19-8-5-4-6-9-19)24-14-17-26-18-15-24/h4-6,8-13,22H,2-3,7,14-18H2,1H3/p+1/t22-/m1/s1. The highest BCUT2D eigenvalue weighted by Gasteiger charge is 2.33. The van der Waals surface area contributed by atoms with Crippen molar-refractivity contribution < 1.29 is 19.2 Å². The molecule has 1 N–H and O–H groups in total. The van der Waals surface area contributed by atoms with Gasteiger partial charge in [-0.05, 0) is 30.7 Å². The van der Waals surface area contributed by atoms with E-state index in [-0.39, 0.29) is 11.8 Å². The van der Waals surface area contributed by atoms with Crippen LogP contribution in [-0.4, -0.2) is 38.7 Å². The molecule has 0 saturated carbocycles. The van der Waals surface area contributed by atoms with Crippen molar-refractivity contribution in [2.24, 2.45) is 0 Å². The second kappa shape index (κ2) is 10.2. The topological polar surface area (TPSA) is 40.0 Å². The predicted octanol–water partition coefficient (Wildman–Crippen LogP) is 3.09. The number of morpholine rings is 1. The van der Waals surface area contributed by atoms with Crippen LogP contribution in [0, 0.1) is 0 Å². The molecule has 1 saturated heterocycles. The SMILES string of the molecule is CCCCCOc1ccc(C(=O)[C@@H](c2ccccc2)[NH+]2CCOCC2)cc1. The molecule has 1 heterocycles. The first-order valence-electron chi connectivity index (χ1n) is 10.0. The van der Waals surface area contributed by atoms with Gasteiger partial charge in [0, 0.05) is 11.1 Å². The van der Waals surface area contributed by atoms with Crippen molar-refractivity contribution in [3.05, 3.63) is 65.7 Å². The number of nitrogens with one attached hydrogen (secondary N) is 1. The summed E-state index contributed by atoms with van der Waals surface area (Å²) in [5, 5.41) is 0. The van der Waals surface area contributed by atoms with E-state index in [1.807, 2.05) is 42.5 Å². The Bertz CT molecular complexity index is 693. The molecule has 1 aliphatic heterocycles. The van der Waals surface area contributed by atoms with Crippen LogP contribution in [0.15, 0.2) is 54.6 Å². The van der Waals surface area contributed by atoms with Crippen LogP contribution >= 0.6 is 0 Å². The van der Waals surface area contributed by atoms with E-state index in [4.69, 9.17) is 9.47 Å². The van der Waals surface area contributed by atoms with Crippen molar-refractivity contribution in [1.82, 2.24) is 0 Å². The molecular formula is C23H30NO3+. The minimum absolute atomic E-state index is 0.163. The van der Waals surface area contributed by atoms with Crippen molar-refractivity contribution in [3.63, 3.8) is 0 Å². The van der Waals surface area contributed by atoms with E-state index in [1.54, 1.807) is 0 Å². The number of benzene rings is 2. The molecule has 27 heavy (non-hydrogen) atoms. The van der Waals surface area contributed by atoms with Crippen molar-refractivity contribution in [3.8, 4) is 5.75 Å². The lowest BCUT2D eigenvalue weighted by molar-refractivity contribution is -0.928. The normalized spacial score (nSPS) is 16.0. The number of carbonyl (C=O) groups excluding carboxylic acids is 1. The monoisotopic (exact) mass is 368 g/mol. The lowest BCUT2D eigenvalue weighted by Crippen LogP contribution is -3.15. The zero-order valence-electron chi connectivity index (χ0n) is 16.2. The van der Waals surface area contributed by atoms with E-state index in [0.29, 0.717) is 13.2 Å². The van der Waals surface area contributed by atoms with Gasteiger partial charge >= 0.3 is 0 Å². The van der Waals surface area contributed by atoms with Gasteiger partial charge in [0.25, 0.3) is 0 Å². The molecule has 2 aromatic rings. The lowest BCUT2D eigenvalue weighted by atomic mass is 9.95. The molecule has 0 unspecified atom stereocenters. The van der Waals surface area contributed by atoms with Gasteiger partial charge in [-0.2, -0.15) is 0 Å². The smallest absolute Gasteiger partial charge is 0.224 e. The fourth-order valence-corrected chi connectivity index (χ4v) is 3.56. The van der Waals surface area contributed by atoms with E-state index >= 15 is 0 Å². The molecule has 3 rings (SSSR count). The maximum Gasteiger partial charge on any atom is 0.224 e. The fourth-order valence-electron chi connectivity index (χ4n) is 3.56. The van der Waals surface area contributed by atoms with Gasteiger partial charge in [0.15, 0.2) is 6.04 Å². The number of hydrogen-bond acceptors (Lipinski definition) is 3. The minimum atomic E-state index is -0.188.